The number of nitrogens with one attached hydrogen (secondary N) is 1. The largest absolute Gasteiger partial charge is 0.396 e. The fraction of sp³-hybridized carbons (Fsp3) is 0.769. The van der Waals surface area contributed by atoms with Crippen molar-refractivity contribution < 1.29 is 5.11 Å². The summed E-state index contributed by atoms with van der Waals surface area (Å²) in [5.74, 6) is 0.619. The lowest BCUT2D eigenvalue weighted by atomic mass is 10.0. The average molecular weight is 250 g/mol. The topological polar surface area (TPSA) is 70.9 Å². The molecule has 1 aromatic rings. The van der Waals surface area contributed by atoms with Gasteiger partial charge in [0.2, 0.25) is 5.95 Å². The Bertz CT molecular complexity index is 404. The number of aliphatic hydroxyl groups excluding tert-OH is 1. The van der Waals surface area contributed by atoms with Crippen LogP contribution in [0.5, 0.6) is 0 Å². The molecule has 1 fully saturated rings. The molecule has 18 heavy (non-hydrogen) atoms. The van der Waals surface area contributed by atoms with Crippen LogP contribution in [-0.2, 0) is 12.8 Å². The second-order valence-electron chi connectivity index (χ2n) is 5.06. The van der Waals surface area contributed by atoms with Crippen LogP contribution in [-0.4, -0.2) is 33.4 Å². The number of rotatable bonds is 7. The van der Waals surface area contributed by atoms with Crippen molar-refractivity contribution >= 4 is 5.95 Å². The third-order valence-electron chi connectivity index (χ3n) is 3.73. The summed E-state index contributed by atoms with van der Waals surface area (Å²) >= 11 is 0. The van der Waals surface area contributed by atoms with Gasteiger partial charge < -0.3 is 10.4 Å². The first kappa shape index (κ1) is 13.2. The molecule has 0 aliphatic heterocycles. The molecule has 5 nitrogen and oxygen atoms in total. The number of hydrogen-bond donors (Lipinski definition) is 2. The lowest BCUT2D eigenvalue weighted by Gasteiger charge is -2.14. The Morgan fingerprint density at radius 3 is 2.44 bits per heavy atom. The maximum absolute atomic E-state index is 9.02. The van der Waals surface area contributed by atoms with Gasteiger partial charge in [-0.05, 0) is 37.5 Å². The van der Waals surface area contributed by atoms with Crippen molar-refractivity contribution in [2.75, 3.05) is 18.5 Å². The summed E-state index contributed by atoms with van der Waals surface area (Å²) < 4.78 is 0. The van der Waals surface area contributed by atoms with Gasteiger partial charge in [-0.3, -0.25) is 0 Å². The van der Waals surface area contributed by atoms with Crippen LogP contribution in [0, 0.1) is 5.41 Å². The summed E-state index contributed by atoms with van der Waals surface area (Å²) in [6, 6.07) is 0. The number of hydrogen-bond acceptors (Lipinski definition) is 5. The highest BCUT2D eigenvalue weighted by Gasteiger charge is 2.41. The molecule has 0 saturated heterocycles. The first-order chi connectivity index (χ1) is 8.73. The molecular weight excluding hydrogens is 228 g/mol. The smallest absolute Gasteiger partial charge is 0.242 e. The van der Waals surface area contributed by atoms with Gasteiger partial charge in [0.15, 0.2) is 0 Å². The summed E-state index contributed by atoms with van der Waals surface area (Å²) in [6.45, 7) is 5.25. The van der Waals surface area contributed by atoms with Crippen LogP contribution in [0.25, 0.3) is 0 Å². The van der Waals surface area contributed by atoms with E-state index in [1.807, 2.05) is 0 Å². The van der Waals surface area contributed by atoms with E-state index in [-0.39, 0.29) is 12.0 Å². The Labute approximate surface area is 108 Å². The van der Waals surface area contributed by atoms with Gasteiger partial charge in [0.1, 0.15) is 0 Å². The highest BCUT2D eigenvalue weighted by molar-refractivity contribution is 5.27. The second kappa shape index (κ2) is 5.61. The Morgan fingerprint density at radius 1 is 1.17 bits per heavy atom. The fourth-order valence-corrected chi connectivity index (χ4v) is 2.21. The zero-order valence-electron chi connectivity index (χ0n) is 11.2. The van der Waals surface area contributed by atoms with Crippen molar-refractivity contribution in [3.8, 4) is 0 Å². The number of anilines is 1. The van der Waals surface area contributed by atoms with Gasteiger partial charge in [0, 0.05) is 13.2 Å². The normalized spacial score (nSPS) is 16.6. The summed E-state index contributed by atoms with van der Waals surface area (Å²) in [7, 11) is 0. The molecule has 2 rings (SSSR count). The number of aromatic nitrogens is 3. The molecule has 0 unspecified atom stereocenters. The molecule has 0 bridgehead atoms. The van der Waals surface area contributed by atoms with E-state index < -0.39 is 0 Å². The van der Waals surface area contributed by atoms with Crippen LogP contribution >= 0.6 is 0 Å². The van der Waals surface area contributed by atoms with E-state index in [2.05, 4.69) is 34.3 Å². The summed E-state index contributed by atoms with van der Waals surface area (Å²) in [5.41, 5.74) is 2.29. The molecule has 0 spiro atoms. The predicted molar refractivity (Wildman–Crippen MR) is 70.4 cm³/mol. The number of nitrogens with zero attached hydrogens (tertiary/aromatic N) is 3. The minimum Gasteiger partial charge on any atom is -0.396 e. The average Bonchev–Trinajstić information content (AvgIpc) is 3.16. The maximum atomic E-state index is 9.02. The van der Waals surface area contributed by atoms with E-state index in [0.29, 0.717) is 5.95 Å². The summed E-state index contributed by atoms with van der Waals surface area (Å²) in [4.78, 5) is 4.51. The van der Waals surface area contributed by atoms with Crippen LogP contribution in [0.4, 0.5) is 5.95 Å². The molecule has 100 valence electrons. The van der Waals surface area contributed by atoms with E-state index in [1.54, 1.807) is 0 Å². The van der Waals surface area contributed by atoms with Crippen LogP contribution in [0.2, 0.25) is 0 Å². The molecule has 0 atom stereocenters. The molecule has 0 amide bonds. The third-order valence-corrected chi connectivity index (χ3v) is 3.73. The molecule has 1 aromatic heterocycles. The van der Waals surface area contributed by atoms with Crippen molar-refractivity contribution in [2.24, 2.45) is 5.41 Å². The van der Waals surface area contributed by atoms with Gasteiger partial charge in [0.05, 0.1) is 11.4 Å². The van der Waals surface area contributed by atoms with Gasteiger partial charge >= 0.3 is 0 Å². The van der Waals surface area contributed by atoms with Crippen LogP contribution < -0.4 is 5.32 Å². The van der Waals surface area contributed by atoms with Gasteiger partial charge in [-0.25, -0.2) is 4.98 Å². The zero-order chi connectivity index (χ0) is 13.0. The highest BCUT2D eigenvalue weighted by atomic mass is 16.3. The van der Waals surface area contributed by atoms with E-state index in [9.17, 15) is 0 Å². The van der Waals surface area contributed by atoms with E-state index in [0.717, 1.165) is 37.2 Å². The van der Waals surface area contributed by atoms with E-state index in [4.69, 9.17) is 5.11 Å². The SMILES string of the molecule is CCc1nnc(NCC2(CCO)CC2)nc1CC. The first-order valence-corrected chi connectivity index (χ1v) is 6.80. The Hall–Kier alpha value is -1.23. The van der Waals surface area contributed by atoms with Gasteiger partial charge in [0.25, 0.3) is 0 Å². The lowest BCUT2D eigenvalue weighted by molar-refractivity contribution is 0.253. The highest BCUT2D eigenvalue weighted by Crippen LogP contribution is 2.48. The standard InChI is InChI=1S/C13H22N4O/c1-3-10-11(4-2)16-17-12(15-10)14-9-13(5-6-13)7-8-18/h18H,3-9H2,1-2H3,(H,14,15,17). The first-order valence-electron chi connectivity index (χ1n) is 6.80. The predicted octanol–water partition coefficient (Wildman–Crippen LogP) is 1.57. The fourth-order valence-electron chi connectivity index (χ4n) is 2.21. The molecule has 2 N–H and O–H groups in total. The van der Waals surface area contributed by atoms with E-state index in [1.165, 1.54) is 12.8 Å². The molecule has 0 radical (unpaired) electrons. The second-order valence-corrected chi connectivity index (χ2v) is 5.06. The maximum Gasteiger partial charge on any atom is 0.242 e. The van der Waals surface area contributed by atoms with Crippen molar-refractivity contribution in [2.45, 2.75) is 46.0 Å². The minimum atomic E-state index is 0.260. The monoisotopic (exact) mass is 250 g/mol. The molecule has 0 aromatic carbocycles. The third kappa shape index (κ3) is 2.96. The zero-order valence-corrected chi connectivity index (χ0v) is 11.2. The summed E-state index contributed by atoms with van der Waals surface area (Å²) in [6.07, 6.45) is 4.98. The lowest BCUT2D eigenvalue weighted by Crippen LogP contribution is -2.19. The van der Waals surface area contributed by atoms with Crippen molar-refractivity contribution in [1.29, 1.82) is 0 Å². The van der Waals surface area contributed by atoms with Crippen LogP contribution in [0.1, 0.15) is 44.5 Å². The van der Waals surface area contributed by atoms with Crippen molar-refractivity contribution in [1.82, 2.24) is 15.2 Å². The molecule has 1 heterocycles. The number of aryl methyl sites for hydroxylation is 2. The Kier molecular flexibility index (Phi) is 4.11. The van der Waals surface area contributed by atoms with Crippen LogP contribution in [0.15, 0.2) is 0 Å². The molecule has 1 aliphatic carbocycles. The van der Waals surface area contributed by atoms with Crippen LogP contribution in [0.3, 0.4) is 0 Å². The van der Waals surface area contributed by atoms with Gasteiger partial charge in [-0.15, -0.1) is 5.10 Å². The Balaban J connectivity index is 1.97. The molecule has 5 heteroatoms. The van der Waals surface area contributed by atoms with Gasteiger partial charge in [-0.1, -0.05) is 13.8 Å². The van der Waals surface area contributed by atoms with Gasteiger partial charge in [-0.2, -0.15) is 5.10 Å². The van der Waals surface area contributed by atoms with Crippen molar-refractivity contribution in [3.05, 3.63) is 11.4 Å². The summed E-state index contributed by atoms with van der Waals surface area (Å²) in [5, 5.41) is 20.6. The van der Waals surface area contributed by atoms with Crippen molar-refractivity contribution in [3.63, 3.8) is 0 Å². The van der Waals surface area contributed by atoms with E-state index >= 15 is 0 Å². The quantitative estimate of drug-likeness (QED) is 0.768. The molecule has 1 saturated carbocycles. The Morgan fingerprint density at radius 2 is 1.89 bits per heavy atom. The molecular formula is C13H22N4O. The number of aliphatic hydroxyl groups is 1. The molecule has 1 aliphatic rings. The minimum absolute atomic E-state index is 0.260.